The van der Waals surface area contributed by atoms with Crippen LogP contribution in [0.5, 0.6) is 0 Å². The average Bonchev–Trinajstić information content (AvgIpc) is 2.23. The molecule has 1 aliphatic heterocycles. The second-order valence-electron chi connectivity index (χ2n) is 4.60. The summed E-state index contributed by atoms with van der Waals surface area (Å²) in [6, 6.07) is -0.546. The Bertz CT molecular complexity index is 307. The fraction of sp³-hybridized carbons (Fsp3) is 0.727. The number of hydrogen-bond donors (Lipinski definition) is 0. The number of urea groups is 1. The normalized spacial score (nSPS) is 17.8. The standard InChI is InChI=1S/C11H18N2O3.Na/c1-7(2)5-6-8-9(14)12(3)11(16)13(4)10(8)15;/h7-8H,5-6H2,1-4H3;/q;+1. The van der Waals surface area contributed by atoms with Crippen molar-refractivity contribution in [3.05, 3.63) is 0 Å². The Morgan fingerprint density at radius 1 is 1.06 bits per heavy atom. The quantitative estimate of drug-likeness (QED) is 0.433. The van der Waals surface area contributed by atoms with Gasteiger partial charge in [0.25, 0.3) is 0 Å². The molecule has 1 saturated heterocycles. The third kappa shape index (κ3) is 3.53. The van der Waals surface area contributed by atoms with Gasteiger partial charge in [-0.15, -0.1) is 0 Å². The maximum absolute atomic E-state index is 11.8. The van der Waals surface area contributed by atoms with E-state index in [9.17, 15) is 14.4 Å². The first kappa shape index (κ1) is 16.6. The molecule has 1 fully saturated rings. The Labute approximate surface area is 124 Å². The van der Waals surface area contributed by atoms with Crippen LogP contribution in [-0.4, -0.2) is 41.7 Å². The summed E-state index contributed by atoms with van der Waals surface area (Å²) >= 11 is 0. The van der Waals surface area contributed by atoms with Gasteiger partial charge >= 0.3 is 35.6 Å². The first-order chi connectivity index (χ1) is 7.36. The van der Waals surface area contributed by atoms with Gasteiger partial charge in [0.15, 0.2) is 0 Å². The second kappa shape index (κ2) is 6.52. The smallest absolute Gasteiger partial charge is 0.273 e. The Hall–Kier alpha value is -0.390. The minimum atomic E-state index is -0.685. The van der Waals surface area contributed by atoms with Crippen LogP contribution < -0.4 is 29.6 Å². The fourth-order valence-corrected chi connectivity index (χ4v) is 1.73. The molecule has 0 aromatic carbocycles. The summed E-state index contributed by atoms with van der Waals surface area (Å²) in [4.78, 5) is 37.0. The zero-order valence-corrected chi connectivity index (χ0v) is 13.2. The first-order valence-corrected chi connectivity index (χ1v) is 5.45. The Morgan fingerprint density at radius 2 is 1.47 bits per heavy atom. The summed E-state index contributed by atoms with van der Waals surface area (Å²) in [5, 5.41) is 0. The van der Waals surface area contributed by atoms with Crippen LogP contribution in [0.25, 0.3) is 0 Å². The zero-order chi connectivity index (χ0) is 12.5. The molecular weight excluding hydrogens is 231 g/mol. The Balaban J connectivity index is 0.00000256. The van der Waals surface area contributed by atoms with Crippen molar-refractivity contribution >= 4 is 17.8 Å². The van der Waals surface area contributed by atoms with E-state index in [0.29, 0.717) is 12.3 Å². The largest absolute Gasteiger partial charge is 1.00 e. The predicted octanol–water partition coefficient (Wildman–Crippen LogP) is -1.91. The van der Waals surface area contributed by atoms with E-state index >= 15 is 0 Å². The summed E-state index contributed by atoms with van der Waals surface area (Å²) in [7, 11) is 2.83. The van der Waals surface area contributed by atoms with Gasteiger partial charge in [-0.05, 0) is 18.8 Å². The van der Waals surface area contributed by atoms with Gasteiger partial charge in [-0.2, -0.15) is 0 Å². The molecule has 1 aliphatic rings. The van der Waals surface area contributed by atoms with E-state index in [0.717, 1.165) is 16.2 Å². The van der Waals surface area contributed by atoms with E-state index in [4.69, 9.17) is 0 Å². The molecule has 0 aliphatic carbocycles. The van der Waals surface area contributed by atoms with Crippen molar-refractivity contribution in [2.24, 2.45) is 11.8 Å². The van der Waals surface area contributed by atoms with Crippen LogP contribution >= 0.6 is 0 Å². The number of hydrogen-bond acceptors (Lipinski definition) is 3. The topological polar surface area (TPSA) is 57.7 Å². The van der Waals surface area contributed by atoms with E-state index in [1.807, 2.05) is 13.8 Å². The van der Waals surface area contributed by atoms with Crippen molar-refractivity contribution in [2.45, 2.75) is 26.7 Å². The molecule has 0 aromatic rings. The van der Waals surface area contributed by atoms with Crippen LogP contribution in [0.4, 0.5) is 4.79 Å². The molecule has 0 bridgehead atoms. The maximum atomic E-state index is 11.8. The first-order valence-electron chi connectivity index (χ1n) is 5.45. The van der Waals surface area contributed by atoms with Crippen molar-refractivity contribution in [2.75, 3.05) is 14.1 Å². The number of amides is 4. The molecule has 0 aromatic heterocycles. The molecule has 1 rings (SSSR count). The molecular formula is C11H18N2NaO3+. The number of rotatable bonds is 3. The van der Waals surface area contributed by atoms with Gasteiger partial charge in [0.05, 0.1) is 0 Å². The summed E-state index contributed by atoms with van der Waals surface area (Å²) < 4.78 is 0. The van der Waals surface area contributed by atoms with Crippen LogP contribution in [-0.2, 0) is 9.59 Å². The number of imide groups is 2. The van der Waals surface area contributed by atoms with Gasteiger partial charge in [0.2, 0.25) is 11.8 Å². The van der Waals surface area contributed by atoms with E-state index in [1.165, 1.54) is 14.1 Å². The van der Waals surface area contributed by atoms with Gasteiger partial charge in [-0.25, -0.2) is 4.79 Å². The third-order valence-corrected chi connectivity index (χ3v) is 2.86. The molecule has 0 spiro atoms. The van der Waals surface area contributed by atoms with Crippen LogP contribution in [0.1, 0.15) is 26.7 Å². The van der Waals surface area contributed by atoms with Gasteiger partial charge < -0.3 is 0 Å². The van der Waals surface area contributed by atoms with Crippen molar-refractivity contribution in [3.63, 3.8) is 0 Å². The van der Waals surface area contributed by atoms with Gasteiger partial charge in [0.1, 0.15) is 5.92 Å². The molecule has 0 atom stereocenters. The molecule has 17 heavy (non-hydrogen) atoms. The fourth-order valence-electron chi connectivity index (χ4n) is 1.73. The second-order valence-corrected chi connectivity index (χ2v) is 4.60. The molecule has 0 unspecified atom stereocenters. The minimum Gasteiger partial charge on any atom is -0.273 e. The summed E-state index contributed by atoms with van der Waals surface area (Å²) in [5.41, 5.74) is 0. The van der Waals surface area contributed by atoms with Crippen LogP contribution in [0.15, 0.2) is 0 Å². The van der Waals surface area contributed by atoms with Crippen LogP contribution in [0.2, 0.25) is 0 Å². The number of carbonyl (C=O) groups is 3. The number of nitrogens with zero attached hydrogens (tertiary/aromatic N) is 2. The van der Waals surface area contributed by atoms with Crippen molar-refractivity contribution in [1.29, 1.82) is 0 Å². The van der Waals surface area contributed by atoms with Gasteiger partial charge in [-0.3, -0.25) is 19.4 Å². The average molecular weight is 249 g/mol. The Kier molecular flexibility index (Phi) is 6.37. The van der Waals surface area contributed by atoms with Crippen LogP contribution in [0, 0.1) is 11.8 Å². The van der Waals surface area contributed by atoms with E-state index in [-0.39, 0.29) is 41.4 Å². The maximum Gasteiger partial charge on any atom is 1.00 e. The molecule has 0 N–H and O–H groups in total. The molecule has 4 amide bonds. The van der Waals surface area contributed by atoms with Crippen LogP contribution in [0.3, 0.4) is 0 Å². The van der Waals surface area contributed by atoms with E-state index < -0.39 is 11.9 Å². The molecule has 0 saturated carbocycles. The molecule has 6 heteroatoms. The van der Waals surface area contributed by atoms with Gasteiger partial charge in [-0.1, -0.05) is 13.8 Å². The zero-order valence-electron chi connectivity index (χ0n) is 11.2. The van der Waals surface area contributed by atoms with Gasteiger partial charge in [0, 0.05) is 14.1 Å². The predicted molar refractivity (Wildman–Crippen MR) is 58.5 cm³/mol. The molecule has 5 nitrogen and oxygen atoms in total. The molecule has 0 radical (unpaired) electrons. The van der Waals surface area contributed by atoms with E-state index in [2.05, 4.69) is 0 Å². The third-order valence-electron chi connectivity index (χ3n) is 2.86. The summed E-state index contributed by atoms with van der Waals surface area (Å²) in [6.07, 6.45) is 1.31. The van der Waals surface area contributed by atoms with Crippen molar-refractivity contribution in [1.82, 2.24) is 9.80 Å². The monoisotopic (exact) mass is 249 g/mol. The van der Waals surface area contributed by atoms with E-state index in [1.54, 1.807) is 0 Å². The van der Waals surface area contributed by atoms with Crippen molar-refractivity contribution < 1.29 is 43.9 Å². The summed E-state index contributed by atoms with van der Waals surface area (Å²) in [5.74, 6) is -1.01. The molecule has 90 valence electrons. The van der Waals surface area contributed by atoms with Crippen molar-refractivity contribution in [3.8, 4) is 0 Å². The Morgan fingerprint density at radius 3 is 1.82 bits per heavy atom. The number of carbonyl (C=O) groups excluding carboxylic acids is 3. The SMILES string of the molecule is CC(C)CCC1C(=O)N(C)C(=O)N(C)C1=O.[Na+]. The minimum absolute atomic E-state index is 0. The molecule has 1 heterocycles. The summed E-state index contributed by atoms with van der Waals surface area (Å²) in [6.45, 7) is 4.08. The number of barbiturate groups is 1.